The van der Waals surface area contributed by atoms with Gasteiger partial charge in [0.1, 0.15) is 35.9 Å². The van der Waals surface area contributed by atoms with Crippen molar-refractivity contribution >= 4 is 104 Å². The van der Waals surface area contributed by atoms with E-state index in [-0.39, 0.29) is 25.3 Å². The van der Waals surface area contributed by atoms with Crippen LogP contribution in [0, 0.1) is 0 Å². The average molecular weight is 1250 g/mol. The van der Waals surface area contributed by atoms with Gasteiger partial charge in [-0.2, -0.15) is 0 Å². The molecule has 73 heavy (non-hydrogen) atoms. The predicted octanol–water partition coefficient (Wildman–Crippen LogP) is 15.8. The Morgan fingerprint density at radius 1 is 0.548 bits per heavy atom. The topological polar surface area (TPSA) is 87.7 Å². The smallest absolute Gasteiger partial charge is 0.338 e. The van der Waals surface area contributed by atoms with Crippen molar-refractivity contribution in [2.24, 2.45) is 0 Å². The molecule has 0 radical (unpaired) electrons. The number of carbonyl (C=O) groups excluding carboxylic acids is 2. The van der Waals surface area contributed by atoms with Crippen LogP contribution in [0.15, 0.2) is 119 Å². The summed E-state index contributed by atoms with van der Waals surface area (Å²) in [6, 6.07) is 32.1. The lowest BCUT2D eigenvalue weighted by Gasteiger charge is -2.33. The molecule has 2 heterocycles. The van der Waals surface area contributed by atoms with Crippen LogP contribution in [0.4, 0.5) is 17.1 Å². The van der Waals surface area contributed by atoms with E-state index < -0.39 is 0 Å². The van der Waals surface area contributed by atoms with Gasteiger partial charge in [-0.15, -0.1) is 0 Å². The maximum atomic E-state index is 12.8. The molecule has 3 aliphatic rings. The second-order valence-corrected chi connectivity index (χ2v) is 20.5. The molecule has 5 aromatic carbocycles. The lowest BCUT2D eigenvalue weighted by Crippen LogP contribution is -2.30. The number of fused-ring (bicyclic) bond motifs is 4. The Morgan fingerprint density at radius 2 is 1.01 bits per heavy atom. The van der Waals surface area contributed by atoms with Crippen molar-refractivity contribution in [3.63, 3.8) is 0 Å². The average Bonchev–Trinajstić information content (AvgIpc) is 3.39. The number of anilines is 3. The number of rotatable bonds is 15. The minimum atomic E-state index is -0.370. The van der Waals surface area contributed by atoms with Crippen LogP contribution in [0.3, 0.4) is 0 Å². The first-order valence-electron chi connectivity index (χ1n) is 24.7. The molecule has 0 unspecified atom stereocenters. The van der Waals surface area contributed by atoms with Crippen LogP contribution in [0.1, 0.15) is 106 Å². The molecule has 2 aliphatic heterocycles. The van der Waals surface area contributed by atoms with Gasteiger partial charge in [0.05, 0.1) is 52.9 Å². The Morgan fingerprint density at radius 3 is 1.52 bits per heavy atom. The fourth-order valence-electron chi connectivity index (χ4n) is 9.82. The van der Waals surface area contributed by atoms with Crippen molar-refractivity contribution in [2.45, 2.75) is 68.7 Å². The zero-order valence-electron chi connectivity index (χ0n) is 42.7. The van der Waals surface area contributed by atoms with Gasteiger partial charge in [0.15, 0.2) is 0 Å². The van der Waals surface area contributed by atoms with Crippen LogP contribution < -0.4 is 29.4 Å². The molecule has 1 aliphatic carbocycles. The third kappa shape index (κ3) is 11.4. The van der Waals surface area contributed by atoms with E-state index in [2.05, 4.69) is 187 Å². The van der Waals surface area contributed by atoms with E-state index >= 15 is 0 Å². The van der Waals surface area contributed by atoms with Crippen LogP contribution >= 0.6 is 63.7 Å². The van der Waals surface area contributed by atoms with Crippen LogP contribution in [0.25, 0.3) is 33.4 Å². The molecule has 386 valence electrons. The number of halogens is 4. The molecular formula is C59H67Br4N4O6+. The summed E-state index contributed by atoms with van der Waals surface area (Å²) >= 11 is 15.2. The Bertz CT molecular complexity index is 3090. The van der Waals surface area contributed by atoms with Gasteiger partial charge in [-0.3, -0.25) is 0 Å². The Balaban J connectivity index is 0.000000235. The second kappa shape index (κ2) is 25.4. The summed E-state index contributed by atoms with van der Waals surface area (Å²) in [5, 5.41) is 1.99. The molecule has 0 saturated heterocycles. The van der Waals surface area contributed by atoms with E-state index in [4.69, 9.17) is 18.6 Å². The van der Waals surface area contributed by atoms with Crippen molar-refractivity contribution in [1.29, 1.82) is 0 Å². The Hall–Kier alpha value is -5.15. The normalized spacial score (nSPS) is 11.6. The first-order valence-corrected chi connectivity index (χ1v) is 27.8. The monoisotopic (exact) mass is 1240 g/mol. The molecule has 0 fully saturated rings. The highest BCUT2D eigenvalue weighted by Crippen LogP contribution is 2.53. The van der Waals surface area contributed by atoms with Crippen LogP contribution in [0.2, 0.25) is 0 Å². The van der Waals surface area contributed by atoms with Gasteiger partial charge in [0.25, 0.3) is 0 Å². The number of benzene rings is 6. The standard InChI is InChI=1S/C29H32Br2N2O3.C29H31Br2N2O3.CH4/c2*1-6-32(7-2)24-16-26-20(14-22(24)30)28(18-12-10-11-13-19(18)29(34)35-5)21-15-23(31)25(17-27(21)36-26)33(8-3)9-4;/h10-17,28H,6-9H2,1-5H3;10-17H,6-9H2,1-5H3;1H4/q;+1;. The molecule has 0 spiro atoms. The molecule has 0 N–H and O–H groups in total. The second-order valence-electron chi connectivity index (χ2n) is 17.1. The Kier molecular flexibility index (Phi) is 19.9. The molecule has 10 nitrogen and oxygen atoms in total. The van der Waals surface area contributed by atoms with Crippen molar-refractivity contribution in [1.82, 2.24) is 4.58 Å². The summed E-state index contributed by atoms with van der Waals surface area (Å²) in [4.78, 5) is 32.4. The van der Waals surface area contributed by atoms with Crippen molar-refractivity contribution < 1.29 is 28.2 Å². The lowest BCUT2D eigenvalue weighted by atomic mass is 9.80. The molecule has 0 saturated carbocycles. The first-order chi connectivity index (χ1) is 34.7. The summed E-state index contributed by atoms with van der Waals surface area (Å²) in [5.74, 6) is 1.43. The van der Waals surface area contributed by atoms with Gasteiger partial charge in [-0.25, -0.2) is 14.2 Å². The summed E-state index contributed by atoms with van der Waals surface area (Å²) < 4.78 is 29.7. The lowest BCUT2D eigenvalue weighted by molar-refractivity contribution is 0.0591. The minimum Gasteiger partial charge on any atom is -0.465 e. The van der Waals surface area contributed by atoms with Gasteiger partial charge in [-0.1, -0.05) is 43.8 Å². The fourth-order valence-corrected chi connectivity index (χ4v) is 12.2. The number of hydrogen-bond acceptors (Lipinski definition) is 9. The van der Waals surface area contributed by atoms with E-state index in [0.717, 1.165) is 154 Å². The summed E-state index contributed by atoms with van der Waals surface area (Å²) in [7, 11) is 2.83. The number of hydrogen-bond donors (Lipinski definition) is 0. The summed E-state index contributed by atoms with van der Waals surface area (Å²) in [6.07, 6.45) is 0. The molecule has 5 aromatic rings. The third-order valence-electron chi connectivity index (χ3n) is 13.6. The highest BCUT2D eigenvalue weighted by Gasteiger charge is 2.34. The minimum absolute atomic E-state index is 0. The number of ether oxygens (including phenoxy) is 3. The van der Waals surface area contributed by atoms with Crippen molar-refractivity contribution in [3.8, 4) is 33.9 Å². The van der Waals surface area contributed by atoms with Crippen molar-refractivity contribution in [2.75, 3.05) is 81.3 Å². The molecule has 0 atom stereocenters. The van der Waals surface area contributed by atoms with E-state index in [1.807, 2.05) is 48.5 Å². The maximum Gasteiger partial charge on any atom is 0.338 e. The SMILES string of the molecule is C.CCN(CC)c1cc2c(cc1Br)C(c1ccccc1C(=O)OC)c1cc(Br)c(N(CC)CC)cc1O2.CCN(CC)c1cc2oc3cc(=[N+](CC)CC)c(Br)cc-3c(-c3ccccc3C(=O)OC)c2cc1Br. The van der Waals surface area contributed by atoms with E-state index in [1.54, 1.807) is 0 Å². The van der Waals surface area contributed by atoms with Crippen LogP contribution in [0.5, 0.6) is 11.5 Å². The number of carbonyl (C=O) groups is 2. The zero-order chi connectivity index (χ0) is 52.0. The number of methoxy groups -OCH3 is 2. The van der Waals surface area contributed by atoms with Crippen LogP contribution in [-0.2, 0) is 9.47 Å². The summed E-state index contributed by atoms with van der Waals surface area (Å²) in [5.41, 5.74) is 10.6. The molecule has 8 rings (SSSR count). The molecule has 0 bridgehead atoms. The number of esters is 2. The highest BCUT2D eigenvalue weighted by molar-refractivity contribution is 9.11. The van der Waals surface area contributed by atoms with E-state index in [0.29, 0.717) is 11.1 Å². The third-order valence-corrected chi connectivity index (χ3v) is 16.1. The van der Waals surface area contributed by atoms with Crippen molar-refractivity contribution in [3.05, 3.63) is 148 Å². The van der Waals surface area contributed by atoms with Gasteiger partial charge in [0, 0.05) is 104 Å². The Labute approximate surface area is 465 Å². The summed E-state index contributed by atoms with van der Waals surface area (Å²) in [6.45, 7) is 24.2. The van der Waals surface area contributed by atoms with Crippen LogP contribution in [-0.4, -0.2) is 78.5 Å². The predicted molar refractivity (Wildman–Crippen MR) is 316 cm³/mol. The number of nitrogens with zero attached hydrogens (tertiary/aromatic N) is 4. The molecule has 0 amide bonds. The van der Waals surface area contributed by atoms with E-state index in [9.17, 15) is 9.59 Å². The molecular weight excluding hydrogens is 1180 g/mol. The van der Waals surface area contributed by atoms with Gasteiger partial charge in [-0.05, 0) is 167 Å². The van der Waals surface area contributed by atoms with Gasteiger partial charge in [0.2, 0.25) is 5.36 Å². The first kappa shape index (κ1) is 57.1. The highest BCUT2D eigenvalue weighted by atomic mass is 79.9. The van der Waals surface area contributed by atoms with Gasteiger partial charge >= 0.3 is 11.9 Å². The molecule has 14 heteroatoms. The fraction of sp³-hybridized carbons (Fsp3) is 0.339. The van der Waals surface area contributed by atoms with Gasteiger partial charge < -0.3 is 33.3 Å². The maximum absolute atomic E-state index is 12.8. The zero-order valence-corrected chi connectivity index (χ0v) is 49.1. The largest absolute Gasteiger partial charge is 0.465 e. The quantitative estimate of drug-likeness (QED) is 0.0566. The van der Waals surface area contributed by atoms with E-state index in [1.165, 1.54) is 14.2 Å². The molecule has 0 aromatic heterocycles.